The minimum absolute atomic E-state index is 0.377. The third kappa shape index (κ3) is 4.81. The van der Waals surface area contributed by atoms with Crippen molar-refractivity contribution in [2.45, 2.75) is 17.9 Å². The van der Waals surface area contributed by atoms with E-state index in [1.54, 1.807) is 30.8 Å². The smallest absolute Gasteiger partial charge is 0.338 e. The molecule has 0 radical (unpaired) electrons. The molecule has 0 unspecified atom stereocenters. The van der Waals surface area contributed by atoms with Gasteiger partial charge < -0.3 is 10.1 Å². The van der Waals surface area contributed by atoms with Gasteiger partial charge in [-0.1, -0.05) is 48.5 Å². The SMILES string of the molecule is CSc1ccc(C(=O)O[C@H](C)C(=O)Nc2ccccc2-c2ccccc2)cc1. The summed E-state index contributed by atoms with van der Waals surface area (Å²) in [6.45, 7) is 1.56. The first-order valence-corrected chi connectivity index (χ1v) is 10.1. The Morgan fingerprint density at radius 3 is 2.21 bits per heavy atom. The second kappa shape index (κ2) is 9.24. The highest BCUT2D eigenvalue weighted by Crippen LogP contribution is 2.27. The van der Waals surface area contributed by atoms with Crippen LogP contribution in [0.4, 0.5) is 5.69 Å². The fourth-order valence-electron chi connectivity index (χ4n) is 2.71. The van der Waals surface area contributed by atoms with Crippen LogP contribution in [-0.2, 0) is 9.53 Å². The quantitative estimate of drug-likeness (QED) is 0.460. The summed E-state index contributed by atoms with van der Waals surface area (Å²) < 4.78 is 5.33. The average molecular weight is 391 g/mol. The van der Waals surface area contributed by atoms with Crippen LogP contribution in [0.5, 0.6) is 0 Å². The van der Waals surface area contributed by atoms with E-state index in [4.69, 9.17) is 4.74 Å². The lowest BCUT2D eigenvalue weighted by Gasteiger charge is -2.16. The number of hydrogen-bond donors (Lipinski definition) is 1. The van der Waals surface area contributed by atoms with Crippen LogP contribution in [0.2, 0.25) is 0 Å². The molecule has 0 aliphatic heterocycles. The summed E-state index contributed by atoms with van der Waals surface area (Å²) in [5.41, 5.74) is 2.99. The monoisotopic (exact) mass is 391 g/mol. The molecule has 28 heavy (non-hydrogen) atoms. The van der Waals surface area contributed by atoms with E-state index in [9.17, 15) is 9.59 Å². The van der Waals surface area contributed by atoms with E-state index in [-0.39, 0.29) is 5.91 Å². The van der Waals surface area contributed by atoms with E-state index >= 15 is 0 Å². The van der Waals surface area contributed by atoms with Gasteiger partial charge in [0.2, 0.25) is 0 Å². The van der Waals surface area contributed by atoms with Crippen LogP contribution < -0.4 is 5.32 Å². The Kier molecular flexibility index (Phi) is 6.50. The Bertz CT molecular complexity index is 955. The molecule has 5 heteroatoms. The highest BCUT2D eigenvalue weighted by molar-refractivity contribution is 7.98. The van der Waals surface area contributed by atoms with Crippen molar-refractivity contribution in [3.8, 4) is 11.1 Å². The third-order valence-electron chi connectivity index (χ3n) is 4.25. The van der Waals surface area contributed by atoms with Crippen molar-refractivity contribution in [1.82, 2.24) is 0 Å². The number of nitrogens with one attached hydrogen (secondary N) is 1. The second-order valence-corrected chi connectivity index (χ2v) is 7.06. The van der Waals surface area contributed by atoms with Crippen LogP contribution in [0.15, 0.2) is 83.8 Å². The Balaban J connectivity index is 1.68. The number of para-hydroxylation sites is 1. The van der Waals surface area contributed by atoms with Gasteiger partial charge in [-0.15, -0.1) is 11.8 Å². The van der Waals surface area contributed by atoms with Crippen molar-refractivity contribution in [3.05, 3.63) is 84.4 Å². The van der Waals surface area contributed by atoms with Gasteiger partial charge in [0.1, 0.15) is 0 Å². The Morgan fingerprint density at radius 2 is 1.54 bits per heavy atom. The summed E-state index contributed by atoms with van der Waals surface area (Å²) in [6.07, 6.45) is 1.05. The number of carbonyl (C=O) groups excluding carboxylic acids is 2. The molecule has 4 nitrogen and oxygen atoms in total. The number of amides is 1. The van der Waals surface area contributed by atoms with Crippen LogP contribution in [0, 0.1) is 0 Å². The normalized spacial score (nSPS) is 11.5. The first-order valence-electron chi connectivity index (χ1n) is 8.89. The standard InChI is InChI=1S/C23H21NO3S/c1-16(27-23(26)18-12-14-19(28-2)15-13-18)22(25)24-21-11-7-6-10-20(21)17-8-4-3-5-9-17/h3-16H,1-2H3,(H,24,25)/t16-/m1/s1. The lowest BCUT2D eigenvalue weighted by Crippen LogP contribution is -2.30. The predicted molar refractivity (Wildman–Crippen MR) is 114 cm³/mol. The molecule has 0 aromatic heterocycles. The van der Waals surface area contributed by atoms with E-state index in [1.807, 2.05) is 73.0 Å². The largest absolute Gasteiger partial charge is 0.449 e. The number of esters is 1. The molecule has 3 aromatic carbocycles. The molecule has 0 saturated carbocycles. The van der Waals surface area contributed by atoms with Crippen LogP contribution in [0.1, 0.15) is 17.3 Å². The molecule has 0 saturated heterocycles. The lowest BCUT2D eigenvalue weighted by molar-refractivity contribution is -0.123. The molecule has 1 N–H and O–H groups in total. The average Bonchev–Trinajstić information content (AvgIpc) is 2.74. The van der Waals surface area contributed by atoms with Gasteiger partial charge in [-0.25, -0.2) is 4.79 Å². The molecular formula is C23H21NO3S. The maximum atomic E-state index is 12.6. The second-order valence-electron chi connectivity index (χ2n) is 6.18. The predicted octanol–water partition coefficient (Wildman–Crippen LogP) is 5.26. The van der Waals surface area contributed by atoms with Crippen LogP contribution in [0.25, 0.3) is 11.1 Å². The number of anilines is 1. The molecule has 3 rings (SSSR count). The Hall–Kier alpha value is -3.05. The summed E-state index contributed by atoms with van der Waals surface area (Å²) in [7, 11) is 0. The molecule has 0 aliphatic carbocycles. The minimum Gasteiger partial charge on any atom is -0.449 e. The number of hydrogen-bond acceptors (Lipinski definition) is 4. The number of ether oxygens (including phenoxy) is 1. The van der Waals surface area contributed by atoms with Crippen LogP contribution in [0.3, 0.4) is 0 Å². The maximum absolute atomic E-state index is 12.6. The van der Waals surface area contributed by atoms with Crippen molar-refractivity contribution >= 4 is 29.3 Å². The first-order chi connectivity index (χ1) is 13.6. The topological polar surface area (TPSA) is 55.4 Å². The summed E-state index contributed by atoms with van der Waals surface area (Å²) >= 11 is 1.59. The zero-order chi connectivity index (χ0) is 19.9. The Labute approximate surface area is 168 Å². The molecule has 0 spiro atoms. The highest BCUT2D eigenvalue weighted by Gasteiger charge is 2.20. The maximum Gasteiger partial charge on any atom is 0.338 e. The first kappa shape index (κ1) is 19.7. The van der Waals surface area contributed by atoms with Crippen LogP contribution >= 0.6 is 11.8 Å². The summed E-state index contributed by atoms with van der Waals surface area (Å²) in [5, 5.41) is 2.86. The minimum atomic E-state index is -0.920. The zero-order valence-electron chi connectivity index (χ0n) is 15.7. The van der Waals surface area contributed by atoms with Crippen molar-refractivity contribution in [3.63, 3.8) is 0 Å². The van der Waals surface area contributed by atoms with E-state index < -0.39 is 12.1 Å². The fraction of sp³-hybridized carbons (Fsp3) is 0.130. The van der Waals surface area contributed by atoms with Gasteiger partial charge in [0, 0.05) is 16.1 Å². The van der Waals surface area contributed by atoms with Gasteiger partial charge in [-0.3, -0.25) is 4.79 Å². The van der Waals surface area contributed by atoms with Gasteiger partial charge in [-0.2, -0.15) is 0 Å². The van der Waals surface area contributed by atoms with Crippen molar-refractivity contribution in [1.29, 1.82) is 0 Å². The van der Waals surface area contributed by atoms with Crippen molar-refractivity contribution < 1.29 is 14.3 Å². The number of benzene rings is 3. The summed E-state index contributed by atoms with van der Waals surface area (Å²) in [6, 6.07) is 24.4. The van der Waals surface area contributed by atoms with Gasteiger partial charge >= 0.3 is 5.97 Å². The van der Waals surface area contributed by atoms with Crippen molar-refractivity contribution in [2.75, 3.05) is 11.6 Å². The molecule has 0 bridgehead atoms. The summed E-state index contributed by atoms with van der Waals surface area (Å²) in [4.78, 5) is 25.9. The molecule has 3 aromatic rings. The molecule has 0 fully saturated rings. The van der Waals surface area contributed by atoms with E-state index in [2.05, 4.69) is 5.32 Å². The van der Waals surface area contributed by atoms with E-state index in [1.165, 1.54) is 0 Å². The lowest BCUT2D eigenvalue weighted by atomic mass is 10.0. The molecule has 0 aliphatic rings. The molecular weight excluding hydrogens is 370 g/mol. The number of rotatable bonds is 6. The molecule has 1 amide bonds. The molecule has 0 heterocycles. The summed E-state index contributed by atoms with van der Waals surface area (Å²) in [5.74, 6) is -0.899. The number of thioether (sulfide) groups is 1. The fourth-order valence-corrected chi connectivity index (χ4v) is 3.11. The number of carbonyl (C=O) groups is 2. The molecule has 142 valence electrons. The van der Waals surface area contributed by atoms with E-state index in [0.29, 0.717) is 11.3 Å². The van der Waals surface area contributed by atoms with Crippen molar-refractivity contribution in [2.24, 2.45) is 0 Å². The van der Waals surface area contributed by atoms with Gasteiger partial charge in [-0.05, 0) is 49.1 Å². The van der Waals surface area contributed by atoms with Gasteiger partial charge in [0.25, 0.3) is 5.91 Å². The molecule has 1 atom stereocenters. The van der Waals surface area contributed by atoms with Crippen LogP contribution in [-0.4, -0.2) is 24.2 Å². The third-order valence-corrected chi connectivity index (χ3v) is 4.99. The van der Waals surface area contributed by atoms with Gasteiger partial charge in [0.05, 0.1) is 5.56 Å². The zero-order valence-corrected chi connectivity index (χ0v) is 16.5. The highest BCUT2D eigenvalue weighted by atomic mass is 32.2. The van der Waals surface area contributed by atoms with Gasteiger partial charge in [0.15, 0.2) is 6.10 Å². The van der Waals surface area contributed by atoms with E-state index in [0.717, 1.165) is 16.0 Å². The Morgan fingerprint density at radius 1 is 0.893 bits per heavy atom.